The first-order chi connectivity index (χ1) is 22.1. The van der Waals surface area contributed by atoms with Crippen LogP contribution < -0.4 is 0 Å². The molecule has 264 valence electrons. The molecular weight excluding hydrogens is 646 g/mol. The second kappa shape index (κ2) is 18.7. The van der Waals surface area contributed by atoms with Gasteiger partial charge < -0.3 is 0 Å². The minimum absolute atomic E-state index is 0.0589. The lowest BCUT2D eigenvalue weighted by Gasteiger charge is -2.10. The lowest BCUT2D eigenvalue weighted by Crippen LogP contribution is -2.03. The Morgan fingerprint density at radius 2 is 0.729 bits per heavy atom. The van der Waals surface area contributed by atoms with Crippen molar-refractivity contribution < 1.29 is 43.9 Å². The molecule has 0 aliphatic heterocycles. The van der Waals surface area contributed by atoms with E-state index in [1.54, 1.807) is 62.3 Å². The van der Waals surface area contributed by atoms with Gasteiger partial charge in [-0.1, -0.05) is 67.5 Å². The van der Waals surface area contributed by atoms with Crippen molar-refractivity contribution in [3.05, 3.63) is 140 Å². The van der Waals surface area contributed by atoms with Crippen LogP contribution >= 0.6 is 0 Å². The van der Waals surface area contributed by atoms with Crippen LogP contribution in [-0.4, -0.2) is 0 Å². The Morgan fingerprint density at radius 3 is 1.10 bits per heavy atom. The molecule has 0 aromatic heterocycles. The summed E-state index contributed by atoms with van der Waals surface area (Å²) < 4.78 is 129. The molecule has 0 N–H and O–H groups in total. The highest BCUT2D eigenvalue weighted by atomic mass is 19.2. The third kappa shape index (κ3) is 11.4. The van der Waals surface area contributed by atoms with Crippen molar-refractivity contribution in [3.8, 4) is 0 Å². The van der Waals surface area contributed by atoms with Crippen LogP contribution in [0.3, 0.4) is 0 Å². The van der Waals surface area contributed by atoms with Crippen LogP contribution in [0.5, 0.6) is 0 Å². The molecule has 10 heteroatoms. The Bertz CT molecular complexity index is 1590. The predicted molar refractivity (Wildman–Crippen MR) is 171 cm³/mol. The van der Waals surface area contributed by atoms with Crippen LogP contribution in [-0.2, 0) is 0 Å². The van der Waals surface area contributed by atoms with Gasteiger partial charge in [-0.2, -0.15) is 0 Å². The number of hydrogen-bond acceptors (Lipinski definition) is 0. The molecule has 0 fully saturated rings. The average molecular weight is 689 g/mol. The van der Waals surface area contributed by atoms with Gasteiger partial charge in [0.1, 0.15) is 46.5 Å². The Morgan fingerprint density at radius 1 is 0.354 bits per heavy atom. The summed E-state index contributed by atoms with van der Waals surface area (Å²) in [4.78, 5) is 0. The molecule has 4 rings (SSSR count). The molecule has 0 bridgehead atoms. The van der Waals surface area contributed by atoms with Crippen molar-refractivity contribution in [2.75, 3.05) is 0 Å². The number of benzene rings is 4. The molecule has 48 heavy (non-hydrogen) atoms. The molecule has 0 amide bonds. The van der Waals surface area contributed by atoms with E-state index in [0.29, 0.717) is 17.7 Å². The van der Waals surface area contributed by atoms with Crippen LogP contribution in [0, 0.1) is 72.0 Å². The number of aryl methyl sites for hydroxylation is 2. The Hall–Kier alpha value is -3.82. The van der Waals surface area contributed by atoms with Crippen LogP contribution in [0.1, 0.15) is 112 Å². The molecule has 0 nitrogen and oxygen atoms in total. The summed E-state index contributed by atoms with van der Waals surface area (Å²) >= 11 is 0. The maximum Gasteiger partial charge on any atom is 0.165 e. The predicted octanol–water partition coefficient (Wildman–Crippen LogP) is 13.2. The summed E-state index contributed by atoms with van der Waals surface area (Å²) in [6.45, 7) is 16.7. The SMILES string of the molecule is CC(C)c1c(F)cc(F)cc1F.CC(C)c1c(F)cccc1F.Cc1cc(F)c(F)c(C(C)C)c1F.Cc1ccc(F)c(C(C)C)c1F. The maximum absolute atomic E-state index is 13.3. The van der Waals surface area contributed by atoms with Crippen molar-refractivity contribution >= 4 is 0 Å². The topological polar surface area (TPSA) is 0 Å². The van der Waals surface area contributed by atoms with E-state index in [2.05, 4.69) is 0 Å². The van der Waals surface area contributed by atoms with Crippen molar-refractivity contribution in [2.24, 2.45) is 0 Å². The van der Waals surface area contributed by atoms with Crippen molar-refractivity contribution in [1.29, 1.82) is 0 Å². The van der Waals surface area contributed by atoms with E-state index >= 15 is 0 Å². The normalized spacial score (nSPS) is 10.8. The highest BCUT2D eigenvalue weighted by Crippen LogP contribution is 2.27. The molecule has 0 spiro atoms. The van der Waals surface area contributed by atoms with E-state index in [0.717, 1.165) is 6.07 Å². The zero-order valence-corrected chi connectivity index (χ0v) is 28.7. The smallest absolute Gasteiger partial charge is 0.165 e. The fourth-order valence-corrected chi connectivity index (χ4v) is 4.64. The summed E-state index contributed by atoms with van der Waals surface area (Å²) in [7, 11) is 0. The molecule has 0 aliphatic carbocycles. The van der Waals surface area contributed by atoms with Crippen molar-refractivity contribution in [1.82, 2.24) is 0 Å². The molecular formula is C38H42F10. The third-order valence-electron chi connectivity index (χ3n) is 7.04. The zero-order valence-electron chi connectivity index (χ0n) is 28.7. The van der Waals surface area contributed by atoms with Crippen LogP contribution in [0.2, 0.25) is 0 Å². The number of rotatable bonds is 4. The summed E-state index contributed by atoms with van der Waals surface area (Å²) in [5, 5.41) is 0. The van der Waals surface area contributed by atoms with Gasteiger partial charge in [-0.05, 0) is 72.9 Å². The van der Waals surface area contributed by atoms with E-state index in [1.807, 2.05) is 0 Å². The largest absolute Gasteiger partial charge is 0.207 e. The first kappa shape index (κ1) is 42.2. The standard InChI is InChI=1S/C10H11F3.C10H12F2.C9H9F3.C9H10F2/c1-5(2)8-9(12)6(3)4-7(11)10(8)13;1-6(2)9-8(11)5-4-7(3)10(9)12;1-5(2)9-7(11)3-6(10)4-8(9)12;1-6(2)9-7(10)4-3-5-8(9)11/h4-5H,1-3H3;4-6H,1-3H3;3-5H,1-2H3;3-6H,1-2H3. The average Bonchev–Trinajstić information content (AvgIpc) is 2.94. The van der Waals surface area contributed by atoms with E-state index in [4.69, 9.17) is 0 Å². The second-order valence-corrected chi connectivity index (χ2v) is 12.3. The highest BCUT2D eigenvalue weighted by Gasteiger charge is 2.19. The third-order valence-corrected chi connectivity index (χ3v) is 7.04. The molecule has 0 atom stereocenters. The maximum atomic E-state index is 13.3. The Balaban J connectivity index is 0.000000320. The van der Waals surface area contributed by atoms with Gasteiger partial charge in [0.25, 0.3) is 0 Å². The van der Waals surface area contributed by atoms with Crippen LogP contribution in [0.4, 0.5) is 43.9 Å². The fourth-order valence-electron chi connectivity index (χ4n) is 4.64. The van der Waals surface area contributed by atoms with Crippen LogP contribution in [0.25, 0.3) is 0 Å². The molecule has 0 aliphatic rings. The second-order valence-electron chi connectivity index (χ2n) is 12.3. The van der Waals surface area contributed by atoms with E-state index in [1.165, 1.54) is 37.3 Å². The van der Waals surface area contributed by atoms with Crippen molar-refractivity contribution in [2.45, 2.75) is 92.9 Å². The quantitative estimate of drug-likeness (QED) is 0.148. The molecule has 4 aromatic rings. The molecule has 4 aromatic carbocycles. The molecule has 0 unspecified atom stereocenters. The summed E-state index contributed by atoms with van der Waals surface area (Å²) in [6, 6.07) is 8.95. The van der Waals surface area contributed by atoms with Gasteiger partial charge in [0.15, 0.2) is 11.6 Å². The van der Waals surface area contributed by atoms with Crippen molar-refractivity contribution in [3.63, 3.8) is 0 Å². The van der Waals surface area contributed by atoms with E-state index in [9.17, 15) is 43.9 Å². The lowest BCUT2D eigenvalue weighted by molar-refractivity contribution is 0.469. The van der Waals surface area contributed by atoms with Gasteiger partial charge >= 0.3 is 0 Å². The summed E-state index contributed by atoms with van der Waals surface area (Å²) in [6.07, 6.45) is 0. The van der Waals surface area contributed by atoms with Gasteiger partial charge in [-0.3, -0.25) is 0 Å². The lowest BCUT2D eigenvalue weighted by atomic mass is 9.99. The minimum Gasteiger partial charge on any atom is -0.207 e. The molecule has 0 saturated heterocycles. The Kier molecular flexibility index (Phi) is 16.4. The highest BCUT2D eigenvalue weighted by molar-refractivity contribution is 5.30. The summed E-state index contributed by atoms with van der Waals surface area (Å²) in [5.41, 5.74) is 0.777. The first-order valence-electron chi connectivity index (χ1n) is 15.3. The van der Waals surface area contributed by atoms with Crippen LogP contribution in [0.15, 0.2) is 48.5 Å². The number of hydrogen-bond donors (Lipinski definition) is 0. The number of halogens is 10. The van der Waals surface area contributed by atoms with Gasteiger partial charge in [0.05, 0.1) is 0 Å². The zero-order chi connectivity index (χ0) is 37.2. The molecule has 0 heterocycles. The molecule has 0 saturated carbocycles. The monoisotopic (exact) mass is 688 g/mol. The Labute approximate surface area is 276 Å². The van der Waals surface area contributed by atoms with Gasteiger partial charge in [-0.15, -0.1) is 0 Å². The summed E-state index contributed by atoms with van der Waals surface area (Å²) in [5.74, 6) is -7.83. The van der Waals surface area contributed by atoms with E-state index < -0.39 is 58.2 Å². The van der Waals surface area contributed by atoms with Gasteiger partial charge in [0, 0.05) is 34.4 Å². The van der Waals surface area contributed by atoms with E-state index in [-0.39, 0.29) is 51.5 Å². The molecule has 0 radical (unpaired) electrons. The minimum atomic E-state index is -1.07. The first-order valence-corrected chi connectivity index (χ1v) is 15.3. The van der Waals surface area contributed by atoms with Gasteiger partial charge in [-0.25, -0.2) is 43.9 Å². The fraction of sp³-hybridized carbons (Fsp3) is 0.368. The van der Waals surface area contributed by atoms with Gasteiger partial charge in [0.2, 0.25) is 0 Å².